The minimum atomic E-state index is -0.416. The normalized spacial score (nSPS) is 12.3. The van der Waals surface area contributed by atoms with Gasteiger partial charge in [0.15, 0.2) is 0 Å². The molecule has 0 radical (unpaired) electrons. The Bertz CT molecular complexity index is 910. The van der Waals surface area contributed by atoms with Crippen LogP contribution in [-0.4, -0.2) is 15.8 Å². The SMILES string of the molecule is C=CCC(O)CCn1c(C(C)C)cc(-c2ccccc2)c1-c1ccc(F)cc1. The number of benzene rings is 2. The Hall–Kier alpha value is -2.65. The van der Waals surface area contributed by atoms with Crippen molar-refractivity contribution in [2.75, 3.05) is 0 Å². The monoisotopic (exact) mass is 377 g/mol. The molecule has 1 heterocycles. The molecule has 3 rings (SSSR count). The Morgan fingerprint density at radius 2 is 1.71 bits per heavy atom. The molecule has 2 aromatic carbocycles. The van der Waals surface area contributed by atoms with E-state index in [2.05, 4.69) is 43.2 Å². The number of halogens is 1. The first-order chi connectivity index (χ1) is 13.5. The number of rotatable bonds is 8. The molecule has 0 bridgehead atoms. The highest BCUT2D eigenvalue weighted by atomic mass is 19.1. The molecule has 0 saturated heterocycles. The highest BCUT2D eigenvalue weighted by molar-refractivity contribution is 5.82. The molecule has 0 fully saturated rings. The molecule has 3 heteroatoms. The van der Waals surface area contributed by atoms with Gasteiger partial charge in [0.2, 0.25) is 0 Å². The second-order valence-corrected chi connectivity index (χ2v) is 7.48. The predicted octanol–water partition coefficient (Wildman–Crippen LogP) is 6.41. The van der Waals surface area contributed by atoms with Crippen LogP contribution in [0.4, 0.5) is 4.39 Å². The second kappa shape index (κ2) is 9.03. The number of nitrogens with zero attached hydrogens (tertiary/aromatic N) is 1. The zero-order valence-corrected chi connectivity index (χ0v) is 16.6. The van der Waals surface area contributed by atoms with Crippen molar-refractivity contribution in [1.29, 1.82) is 0 Å². The number of aliphatic hydroxyl groups excluding tert-OH is 1. The van der Waals surface area contributed by atoms with Crippen LogP contribution < -0.4 is 0 Å². The molecule has 1 atom stereocenters. The molecule has 28 heavy (non-hydrogen) atoms. The van der Waals surface area contributed by atoms with Crippen molar-refractivity contribution < 1.29 is 9.50 Å². The summed E-state index contributed by atoms with van der Waals surface area (Å²) in [4.78, 5) is 0. The van der Waals surface area contributed by atoms with E-state index >= 15 is 0 Å². The third-order valence-electron chi connectivity index (χ3n) is 5.05. The topological polar surface area (TPSA) is 25.2 Å². The van der Waals surface area contributed by atoms with Crippen LogP contribution in [0.3, 0.4) is 0 Å². The average molecular weight is 378 g/mol. The van der Waals surface area contributed by atoms with E-state index in [1.54, 1.807) is 6.08 Å². The third-order valence-corrected chi connectivity index (χ3v) is 5.05. The summed E-state index contributed by atoms with van der Waals surface area (Å²) >= 11 is 0. The molecule has 146 valence electrons. The van der Waals surface area contributed by atoms with Gasteiger partial charge in [-0.2, -0.15) is 0 Å². The van der Waals surface area contributed by atoms with Gasteiger partial charge in [0.1, 0.15) is 5.82 Å². The van der Waals surface area contributed by atoms with Crippen LogP contribution in [-0.2, 0) is 6.54 Å². The Kier molecular flexibility index (Phi) is 6.48. The maximum absolute atomic E-state index is 13.5. The fourth-order valence-electron chi connectivity index (χ4n) is 3.63. The molecular formula is C25H28FNO. The minimum absolute atomic E-state index is 0.242. The van der Waals surface area contributed by atoms with E-state index in [-0.39, 0.29) is 5.82 Å². The second-order valence-electron chi connectivity index (χ2n) is 7.48. The summed E-state index contributed by atoms with van der Waals surface area (Å²) in [5.74, 6) is 0.0850. The molecule has 0 saturated carbocycles. The summed E-state index contributed by atoms with van der Waals surface area (Å²) in [5, 5.41) is 10.2. The van der Waals surface area contributed by atoms with Crippen molar-refractivity contribution in [3.05, 3.63) is 84.8 Å². The van der Waals surface area contributed by atoms with Gasteiger partial charge in [0, 0.05) is 17.8 Å². The van der Waals surface area contributed by atoms with Gasteiger partial charge >= 0.3 is 0 Å². The summed E-state index contributed by atoms with van der Waals surface area (Å²) in [6, 6.07) is 19.2. The number of hydrogen-bond acceptors (Lipinski definition) is 1. The van der Waals surface area contributed by atoms with Crippen molar-refractivity contribution in [2.24, 2.45) is 0 Å². The zero-order valence-electron chi connectivity index (χ0n) is 16.6. The number of hydrogen-bond donors (Lipinski definition) is 1. The number of aliphatic hydroxyl groups is 1. The molecule has 2 nitrogen and oxygen atoms in total. The van der Waals surface area contributed by atoms with Crippen molar-refractivity contribution >= 4 is 0 Å². The summed E-state index contributed by atoms with van der Waals surface area (Å²) in [5.41, 5.74) is 5.53. The van der Waals surface area contributed by atoms with Gasteiger partial charge in [-0.25, -0.2) is 4.39 Å². The van der Waals surface area contributed by atoms with Gasteiger partial charge in [-0.1, -0.05) is 50.3 Å². The van der Waals surface area contributed by atoms with Crippen LogP contribution in [0.15, 0.2) is 73.3 Å². The number of aromatic nitrogens is 1. The molecule has 0 aliphatic heterocycles. The fourth-order valence-corrected chi connectivity index (χ4v) is 3.63. The zero-order chi connectivity index (χ0) is 20.1. The Labute approximate surface area is 167 Å². The average Bonchev–Trinajstić information content (AvgIpc) is 3.08. The Morgan fingerprint density at radius 3 is 2.32 bits per heavy atom. The molecule has 0 amide bonds. The van der Waals surface area contributed by atoms with Crippen LogP contribution in [0.2, 0.25) is 0 Å². The lowest BCUT2D eigenvalue weighted by atomic mass is 10.0. The molecule has 0 aliphatic rings. The highest BCUT2D eigenvalue weighted by Crippen LogP contribution is 2.38. The summed E-state index contributed by atoms with van der Waals surface area (Å²) < 4.78 is 15.8. The predicted molar refractivity (Wildman–Crippen MR) is 115 cm³/mol. The maximum Gasteiger partial charge on any atom is 0.123 e. The van der Waals surface area contributed by atoms with E-state index in [1.807, 2.05) is 30.3 Å². The third kappa shape index (κ3) is 4.42. The first-order valence-electron chi connectivity index (χ1n) is 9.85. The standard InChI is InChI=1S/C25H28FNO/c1-4-8-22(28)15-16-27-24(18(2)3)17-23(19-9-6-5-7-10-19)25(27)20-11-13-21(26)14-12-20/h4-7,9-14,17-18,22,28H,1,8,15-16H2,2-3H3. The summed E-state index contributed by atoms with van der Waals surface area (Å²) in [7, 11) is 0. The quantitative estimate of drug-likeness (QED) is 0.451. The van der Waals surface area contributed by atoms with Gasteiger partial charge < -0.3 is 9.67 Å². The summed E-state index contributed by atoms with van der Waals surface area (Å²) in [6.07, 6.45) is 2.56. The molecule has 1 N–H and O–H groups in total. The van der Waals surface area contributed by atoms with Gasteiger partial charge in [-0.15, -0.1) is 6.58 Å². The first-order valence-corrected chi connectivity index (χ1v) is 9.85. The smallest absolute Gasteiger partial charge is 0.123 e. The minimum Gasteiger partial charge on any atom is -0.393 e. The van der Waals surface area contributed by atoms with Gasteiger partial charge in [-0.05, 0) is 60.2 Å². The largest absolute Gasteiger partial charge is 0.393 e. The molecule has 1 unspecified atom stereocenters. The van der Waals surface area contributed by atoms with E-state index in [0.29, 0.717) is 25.3 Å². The highest BCUT2D eigenvalue weighted by Gasteiger charge is 2.20. The lowest BCUT2D eigenvalue weighted by molar-refractivity contribution is 0.161. The van der Waals surface area contributed by atoms with E-state index in [0.717, 1.165) is 22.4 Å². The lowest BCUT2D eigenvalue weighted by Crippen LogP contribution is -2.13. The van der Waals surface area contributed by atoms with Crippen LogP contribution in [0, 0.1) is 5.82 Å². The van der Waals surface area contributed by atoms with E-state index in [1.165, 1.54) is 17.8 Å². The molecular weight excluding hydrogens is 349 g/mol. The first kappa shape index (κ1) is 20.1. The maximum atomic E-state index is 13.5. The van der Waals surface area contributed by atoms with Crippen LogP contribution >= 0.6 is 0 Å². The van der Waals surface area contributed by atoms with Crippen molar-refractivity contribution in [3.63, 3.8) is 0 Å². The molecule has 0 aliphatic carbocycles. The van der Waals surface area contributed by atoms with Crippen LogP contribution in [0.5, 0.6) is 0 Å². The van der Waals surface area contributed by atoms with Crippen molar-refractivity contribution in [3.8, 4) is 22.4 Å². The fraction of sp³-hybridized carbons (Fsp3) is 0.280. The summed E-state index contributed by atoms with van der Waals surface area (Å²) in [6.45, 7) is 8.76. The van der Waals surface area contributed by atoms with E-state index in [4.69, 9.17) is 0 Å². The van der Waals surface area contributed by atoms with Crippen LogP contribution in [0.25, 0.3) is 22.4 Å². The van der Waals surface area contributed by atoms with E-state index in [9.17, 15) is 9.50 Å². The van der Waals surface area contributed by atoms with Crippen molar-refractivity contribution in [1.82, 2.24) is 4.57 Å². The lowest BCUT2D eigenvalue weighted by Gasteiger charge is -2.18. The van der Waals surface area contributed by atoms with E-state index < -0.39 is 6.10 Å². The van der Waals surface area contributed by atoms with Gasteiger partial charge in [-0.3, -0.25) is 0 Å². The molecule has 3 aromatic rings. The van der Waals surface area contributed by atoms with Gasteiger partial charge in [0.05, 0.1) is 11.8 Å². The van der Waals surface area contributed by atoms with Gasteiger partial charge in [0.25, 0.3) is 0 Å². The molecule has 0 spiro atoms. The molecule has 1 aromatic heterocycles. The Morgan fingerprint density at radius 1 is 1.04 bits per heavy atom. The Balaban J connectivity index is 2.15. The van der Waals surface area contributed by atoms with Crippen molar-refractivity contribution in [2.45, 2.75) is 45.3 Å². The van der Waals surface area contributed by atoms with Crippen LogP contribution in [0.1, 0.15) is 38.3 Å².